The van der Waals surface area contributed by atoms with E-state index in [0.717, 1.165) is 24.3 Å². The van der Waals surface area contributed by atoms with Crippen molar-refractivity contribution in [3.05, 3.63) is 54.4 Å². The fourth-order valence-electron chi connectivity index (χ4n) is 2.40. The number of pyridine rings is 1. The Morgan fingerprint density at radius 3 is 2.23 bits per heavy atom. The number of hydrogen-bond donors (Lipinski definition) is 1. The SMILES string of the molecule is CCN(CC)c1ccc(NC(=O)C(C)c2ccncc2)cc1. The van der Waals surface area contributed by atoms with E-state index in [1.165, 1.54) is 5.69 Å². The summed E-state index contributed by atoms with van der Waals surface area (Å²) in [5, 5.41) is 2.96. The van der Waals surface area contributed by atoms with Gasteiger partial charge in [0.2, 0.25) is 5.91 Å². The van der Waals surface area contributed by atoms with Gasteiger partial charge in [-0.2, -0.15) is 0 Å². The van der Waals surface area contributed by atoms with Gasteiger partial charge in [-0.1, -0.05) is 0 Å². The molecule has 0 spiro atoms. The molecule has 0 saturated carbocycles. The fourth-order valence-corrected chi connectivity index (χ4v) is 2.40. The molecule has 2 aromatic rings. The monoisotopic (exact) mass is 297 g/mol. The van der Waals surface area contributed by atoms with Gasteiger partial charge >= 0.3 is 0 Å². The highest BCUT2D eigenvalue weighted by Crippen LogP contribution is 2.20. The molecule has 0 saturated heterocycles. The summed E-state index contributed by atoms with van der Waals surface area (Å²) in [4.78, 5) is 18.5. The first-order valence-electron chi connectivity index (χ1n) is 7.71. The highest BCUT2D eigenvalue weighted by molar-refractivity contribution is 5.95. The first-order chi connectivity index (χ1) is 10.7. The number of benzene rings is 1. The average Bonchev–Trinajstić information content (AvgIpc) is 2.57. The maximum Gasteiger partial charge on any atom is 0.231 e. The highest BCUT2D eigenvalue weighted by Gasteiger charge is 2.15. The molecule has 22 heavy (non-hydrogen) atoms. The predicted octanol–water partition coefficient (Wildman–Crippen LogP) is 3.67. The van der Waals surface area contributed by atoms with Gasteiger partial charge < -0.3 is 10.2 Å². The van der Waals surface area contributed by atoms with Crippen molar-refractivity contribution in [1.82, 2.24) is 4.98 Å². The van der Waals surface area contributed by atoms with Crippen LogP contribution in [0.4, 0.5) is 11.4 Å². The molecule has 116 valence electrons. The van der Waals surface area contributed by atoms with Gasteiger partial charge in [0.05, 0.1) is 5.92 Å². The van der Waals surface area contributed by atoms with Crippen LogP contribution in [0.5, 0.6) is 0 Å². The molecule has 1 aromatic heterocycles. The van der Waals surface area contributed by atoms with E-state index in [9.17, 15) is 4.79 Å². The van der Waals surface area contributed by atoms with Crippen molar-refractivity contribution in [2.75, 3.05) is 23.3 Å². The molecule has 2 rings (SSSR count). The number of nitrogens with one attached hydrogen (secondary N) is 1. The van der Waals surface area contributed by atoms with Gasteiger partial charge in [-0.3, -0.25) is 9.78 Å². The van der Waals surface area contributed by atoms with Crippen molar-refractivity contribution in [2.24, 2.45) is 0 Å². The fraction of sp³-hybridized carbons (Fsp3) is 0.333. The van der Waals surface area contributed by atoms with Gasteiger partial charge in [0.25, 0.3) is 0 Å². The van der Waals surface area contributed by atoms with Gasteiger partial charge in [-0.25, -0.2) is 0 Å². The minimum absolute atomic E-state index is 0.0122. The summed E-state index contributed by atoms with van der Waals surface area (Å²) in [6.45, 7) is 8.11. The number of carbonyl (C=O) groups excluding carboxylic acids is 1. The molecule has 1 unspecified atom stereocenters. The van der Waals surface area contributed by atoms with Crippen LogP contribution in [-0.4, -0.2) is 24.0 Å². The summed E-state index contributed by atoms with van der Waals surface area (Å²) >= 11 is 0. The second-order valence-corrected chi connectivity index (χ2v) is 5.21. The molecule has 1 amide bonds. The van der Waals surface area contributed by atoms with E-state index in [2.05, 4.69) is 29.0 Å². The first kappa shape index (κ1) is 16.0. The third-order valence-electron chi connectivity index (χ3n) is 3.86. The Balaban J connectivity index is 2.03. The molecular weight excluding hydrogens is 274 g/mol. The maximum atomic E-state index is 12.3. The molecule has 0 bridgehead atoms. The predicted molar refractivity (Wildman–Crippen MR) is 91.3 cm³/mol. The molecule has 1 aromatic carbocycles. The topological polar surface area (TPSA) is 45.2 Å². The molecule has 1 heterocycles. The summed E-state index contributed by atoms with van der Waals surface area (Å²) in [7, 11) is 0. The smallest absolute Gasteiger partial charge is 0.231 e. The third-order valence-corrected chi connectivity index (χ3v) is 3.86. The van der Waals surface area contributed by atoms with E-state index in [4.69, 9.17) is 0 Å². The van der Waals surface area contributed by atoms with Gasteiger partial charge in [-0.15, -0.1) is 0 Å². The van der Waals surface area contributed by atoms with Gasteiger partial charge in [0.1, 0.15) is 0 Å². The van der Waals surface area contributed by atoms with Crippen LogP contribution in [0.15, 0.2) is 48.8 Å². The molecule has 1 N–H and O–H groups in total. The molecule has 0 aliphatic heterocycles. The summed E-state index contributed by atoms with van der Waals surface area (Å²) in [5.41, 5.74) is 2.96. The Hall–Kier alpha value is -2.36. The lowest BCUT2D eigenvalue weighted by atomic mass is 10.0. The zero-order valence-electron chi connectivity index (χ0n) is 13.4. The molecular formula is C18H23N3O. The second kappa shape index (κ2) is 7.59. The highest BCUT2D eigenvalue weighted by atomic mass is 16.1. The van der Waals surface area contributed by atoms with E-state index in [1.54, 1.807) is 12.4 Å². The van der Waals surface area contributed by atoms with Crippen LogP contribution in [0.1, 0.15) is 32.3 Å². The van der Waals surface area contributed by atoms with Crippen molar-refractivity contribution < 1.29 is 4.79 Å². The Bertz CT molecular complexity index is 591. The zero-order chi connectivity index (χ0) is 15.9. The Kier molecular flexibility index (Phi) is 5.53. The normalized spacial score (nSPS) is 11.8. The number of aromatic nitrogens is 1. The maximum absolute atomic E-state index is 12.3. The van der Waals surface area contributed by atoms with E-state index in [0.29, 0.717) is 0 Å². The second-order valence-electron chi connectivity index (χ2n) is 5.21. The largest absolute Gasteiger partial charge is 0.372 e. The van der Waals surface area contributed by atoms with Crippen molar-refractivity contribution in [3.63, 3.8) is 0 Å². The van der Waals surface area contributed by atoms with Crippen LogP contribution in [0, 0.1) is 0 Å². The number of hydrogen-bond acceptors (Lipinski definition) is 3. The van der Waals surface area contributed by atoms with Gasteiger partial charge in [-0.05, 0) is 62.7 Å². The minimum atomic E-state index is -0.203. The van der Waals surface area contributed by atoms with E-state index < -0.39 is 0 Å². The van der Waals surface area contributed by atoms with Crippen LogP contribution < -0.4 is 10.2 Å². The number of nitrogens with zero attached hydrogens (tertiary/aromatic N) is 2. The number of rotatable bonds is 6. The summed E-state index contributed by atoms with van der Waals surface area (Å²) in [6, 6.07) is 11.7. The molecule has 0 radical (unpaired) electrons. The number of carbonyl (C=O) groups is 1. The molecule has 0 aliphatic rings. The van der Waals surface area contributed by atoms with Crippen LogP contribution in [0.25, 0.3) is 0 Å². The summed E-state index contributed by atoms with van der Waals surface area (Å²) in [6.07, 6.45) is 3.41. The van der Waals surface area contributed by atoms with Gasteiger partial charge in [0, 0.05) is 36.9 Å². The number of amides is 1. The van der Waals surface area contributed by atoms with Crippen LogP contribution in [0.3, 0.4) is 0 Å². The quantitative estimate of drug-likeness (QED) is 0.885. The first-order valence-corrected chi connectivity index (χ1v) is 7.71. The Labute approximate surface area is 132 Å². The van der Waals surface area contributed by atoms with Crippen molar-refractivity contribution in [2.45, 2.75) is 26.7 Å². The lowest BCUT2D eigenvalue weighted by Crippen LogP contribution is -2.22. The van der Waals surface area contributed by atoms with Crippen molar-refractivity contribution in [1.29, 1.82) is 0 Å². The molecule has 4 heteroatoms. The van der Waals surface area contributed by atoms with Gasteiger partial charge in [0.15, 0.2) is 0 Å². The zero-order valence-corrected chi connectivity index (χ0v) is 13.4. The lowest BCUT2D eigenvalue weighted by Gasteiger charge is -2.21. The molecule has 0 aliphatic carbocycles. The van der Waals surface area contributed by atoms with Crippen molar-refractivity contribution in [3.8, 4) is 0 Å². The Morgan fingerprint density at radius 1 is 1.09 bits per heavy atom. The van der Waals surface area contributed by atoms with Crippen LogP contribution in [0.2, 0.25) is 0 Å². The number of anilines is 2. The molecule has 4 nitrogen and oxygen atoms in total. The van der Waals surface area contributed by atoms with E-state index in [-0.39, 0.29) is 11.8 Å². The van der Waals surface area contributed by atoms with E-state index in [1.807, 2.05) is 43.3 Å². The van der Waals surface area contributed by atoms with E-state index >= 15 is 0 Å². The lowest BCUT2D eigenvalue weighted by molar-refractivity contribution is -0.117. The van der Waals surface area contributed by atoms with Crippen LogP contribution >= 0.6 is 0 Å². The average molecular weight is 297 g/mol. The molecule has 0 fully saturated rings. The standard InChI is InChI=1S/C18H23N3O/c1-4-21(5-2)17-8-6-16(7-9-17)20-18(22)14(3)15-10-12-19-13-11-15/h6-14H,4-5H2,1-3H3,(H,20,22). The molecule has 1 atom stereocenters. The summed E-state index contributed by atoms with van der Waals surface area (Å²) in [5.74, 6) is -0.216. The Morgan fingerprint density at radius 2 is 1.68 bits per heavy atom. The summed E-state index contributed by atoms with van der Waals surface area (Å²) < 4.78 is 0. The van der Waals surface area contributed by atoms with Crippen molar-refractivity contribution >= 4 is 17.3 Å². The third kappa shape index (κ3) is 3.85. The minimum Gasteiger partial charge on any atom is -0.372 e. The van der Waals surface area contributed by atoms with Crippen LogP contribution in [-0.2, 0) is 4.79 Å².